The molecule has 0 bridgehead atoms. The first kappa shape index (κ1) is 17.8. The zero-order valence-corrected chi connectivity index (χ0v) is 15.1. The van der Waals surface area contributed by atoms with Gasteiger partial charge in [-0.05, 0) is 55.7 Å². The van der Waals surface area contributed by atoms with Crippen molar-refractivity contribution in [2.75, 3.05) is 5.43 Å². The van der Waals surface area contributed by atoms with E-state index < -0.39 is 0 Å². The summed E-state index contributed by atoms with van der Waals surface area (Å²) < 4.78 is 0. The van der Waals surface area contributed by atoms with Gasteiger partial charge in [-0.2, -0.15) is 5.10 Å². The summed E-state index contributed by atoms with van der Waals surface area (Å²) in [5.41, 5.74) is 10.2. The monoisotopic (exact) mass is 312 g/mol. The number of hydrogen-bond acceptors (Lipinski definition) is 2. The van der Waals surface area contributed by atoms with Gasteiger partial charge in [-0.25, -0.2) is 0 Å². The van der Waals surface area contributed by atoms with Crippen LogP contribution in [0.2, 0.25) is 0 Å². The Bertz CT molecular complexity index is 555. The van der Waals surface area contributed by atoms with Gasteiger partial charge in [0.05, 0.1) is 11.4 Å². The van der Waals surface area contributed by atoms with E-state index >= 15 is 0 Å². The number of nitrogens with zero attached hydrogens (tertiary/aromatic N) is 1. The van der Waals surface area contributed by atoms with E-state index in [0.717, 1.165) is 12.8 Å². The molecule has 1 aliphatic heterocycles. The summed E-state index contributed by atoms with van der Waals surface area (Å²) in [4.78, 5) is 0. The topological polar surface area (TPSA) is 24.4 Å². The molecule has 1 aliphatic rings. The van der Waals surface area contributed by atoms with Crippen LogP contribution in [-0.4, -0.2) is 5.71 Å². The summed E-state index contributed by atoms with van der Waals surface area (Å²) in [6.45, 7) is 6.81. The van der Waals surface area contributed by atoms with Crippen LogP contribution >= 0.6 is 0 Å². The molecule has 126 valence electrons. The van der Waals surface area contributed by atoms with E-state index in [1.807, 2.05) is 0 Å². The first-order valence-electron chi connectivity index (χ1n) is 9.46. The molecule has 2 heteroatoms. The molecule has 0 unspecified atom stereocenters. The first-order chi connectivity index (χ1) is 11.3. The van der Waals surface area contributed by atoms with Crippen LogP contribution in [0.3, 0.4) is 0 Å². The highest BCUT2D eigenvalue weighted by atomic mass is 15.3. The molecule has 1 aromatic rings. The lowest BCUT2D eigenvalue weighted by atomic mass is 9.88. The van der Waals surface area contributed by atoms with Crippen LogP contribution in [-0.2, 0) is 0 Å². The van der Waals surface area contributed by atoms with Gasteiger partial charge >= 0.3 is 0 Å². The lowest BCUT2D eigenvalue weighted by Gasteiger charge is -2.16. The van der Waals surface area contributed by atoms with Crippen molar-refractivity contribution in [3.63, 3.8) is 0 Å². The smallest absolute Gasteiger partial charge is 0.0642 e. The van der Waals surface area contributed by atoms with Crippen LogP contribution in [0.5, 0.6) is 0 Å². The van der Waals surface area contributed by atoms with Crippen molar-refractivity contribution in [1.29, 1.82) is 0 Å². The van der Waals surface area contributed by atoms with Crippen molar-refractivity contribution < 1.29 is 0 Å². The third-order valence-corrected chi connectivity index (χ3v) is 4.60. The predicted molar refractivity (Wildman–Crippen MR) is 103 cm³/mol. The average Bonchev–Trinajstić information content (AvgIpc) is 2.73. The fraction of sp³-hybridized carbons (Fsp3) is 0.571. The number of rotatable bonds is 9. The molecule has 0 saturated carbocycles. The minimum absolute atomic E-state index is 1.09. The van der Waals surface area contributed by atoms with Crippen LogP contribution in [0.4, 0.5) is 5.69 Å². The highest BCUT2D eigenvalue weighted by Gasteiger charge is 2.19. The van der Waals surface area contributed by atoms with E-state index in [2.05, 4.69) is 50.5 Å². The highest BCUT2D eigenvalue weighted by molar-refractivity contribution is 6.08. The predicted octanol–water partition coefficient (Wildman–Crippen LogP) is 6.79. The van der Waals surface area contributed by atoms with E-state index in [9.17, 15) is 0 Å². The number of anilines is 1. The number of para-hydroxylation sites is 1. The molecule has 0 fully saturated rings. The van der Waals surface area contributed by atoms with E-state index in [1.165, 1.54) is 73.1 Å². The molecule has 0 aliphatic carbocycles. The maximum atomic E-state index is 4.80. The number of nitrogens with one attached hydrogen (secondary N) is 1. The largest absolute Gasteiger partial charge is 0.278 e. The van der Waals surface area contributed by atoms with Gasteiger partial charge in [0, 0.05) is 5.56 Å². The molecule has 23 heavy (non-hydrogen) atoms. The van der Waals surface area contributed by atoms with E-state index in [-0.39, 0.29) is 0 Å². The van der Waals surface area contributed by atoms with Crippen molar-refractivity contribution in [1.82, 2.24) is 0 Å². The molecule has 0 atom stereocenters. The van der Waals surface area contributed by atoms with Gasteiger partial charge in [-0.15, -0.1) is 0 Å². The molecule has 0 saturated heterocycles. The van der Waals surface area contributed by atoms with Crippen molar-refractivity contribution in [3.8, 4) is 0 Å². The number of fused-ring (bicyclic) bond motifs is 1. The number of allylic oxidation sites excluding steroid dienone is 2. The standard InChI is InChI=1S/C21H32N2/c1-4-7-12-17-18(13-8-5-2)20(15-9-6-3)22-23-21-16-11-10-14-19(17)21/h10-11,14,16,23H,4-9,12-13,15H2,1-3H3. The lowest BCUT2D eigenvalue weighted by Crippen LogP contribution is -2.07. The van der Waals surface area contributed by atoms with E-state index in [4.69, 9.17) is 5.10 Å². The average molecular weight is 313 g/mol. The van der Waals surface area contributed by atoms with Gasteiger partial charge in [0.25, 0.3) is 0 Å². The molecule has 0 amide bonds. The molecule has 2 rings (SSSR count). The molecule has 1 aromatic carbocycles. The maximum Gasteiger partial charge on any atom is 0.0642 e. The quantitative estimate of drug-likeness (QED) is 0.533. The van der Waals surface area contributed by atoms with Crippen LogP contribution < -0.4 is 5.43 Å². The Morgan fingerprint density at radius 3 is 2.09 bits per heavy atom. The SMILES string of the molecule is CCCCC1=NNc2ccccc2C(CCCC)=C1CCCC. The van der Waals surface area contributed by atoms with Crippen LogP contribution in [0.1, 0.15) is 84.1 Å². The molecule has 2 nitrogen and oxygen atoms in total. The van der Waals surface area contributed by atoms with E-state index in [1.54, 1.807) is 0 Å². The fourth-order valence-electron chi connectivity index (χ4n) is 3.21. The number of unbranched alkanes of at least 4 members (excludes halogenated alkanes) is 3. The molecule has 0 radical (unpaired) electrons. The second kappa shape index (κ2) is 9.54. The summed E-state index contributed by atoms with van der Waals surface area (Å²) in [5, 5.41) is 4.80. The van der Waals surface area contributed by atoms with Crippen molar-refractivity contribution >= 4 is 17.0 Å². The minimum atomic E-state index is 1.09. The van der Waals surface area contributed by atoms with Gasteiger partial charge in [0.1, 0.15) is 0 Å². The Morgan fingerprint density at radius 1 is 0.783 bits per heavy atom. The van der Waals surface area contributed by atoms with Gasteiger partial charge in [0.2, 0.25) is 0 Å². The van der Waals surface area contributed by atoms with Crippen molar-refractivity contribution in [2.45, 2.75) is 78.6 Å². The third-order valence-electron chi connectivity index (χ3n) is 4.60. The summed E-state index contributed by atoms with van der Waals surface area (Å²) in [7, 11) is 0. The third kappa shape index (κ3) is 4.70. The summed E-state index contributed by atoms with van der Waals surface area (Å²) in [6, 6.07) is 8.67. The fourth-order valence-corrected chi connectivity index (χ4v) is 3.21. The number of hydrazone groups is 1. The Hall–Kier alpha value is -1.57. The molecule has 1 heterocycles. The highest BCUT2D eigenvalue weighted by Crippen LogP contribution is 2.35. The van der Waals surface area contributed by atoms with Gasteiger partial charge in [-0.3, -0.25) is 5.43 Å². The summed E-state index contributed by atoms with van der Waals surface area (Å²) in [5.74, 6) is 0. The van der Waals surface area contributed by atoms with Gasteiger partial charge in [0.15, 0.2) is 0 Å². The van der Waals surface area contributed by atoms with Gasteiger partial charge < -0.3 is 0 Å². The van der Waals surface area contributed by atoms with Crippen molar-refractivity contribution in [3.05, 3.63) is 35.4 Å². The van der Waals surface area contributed by atoms with Crippen molar-refractivity contribution in [2.24, 2.45) is 5.10 Å². The summed E-state index contributed by atoms with van der Waals surface area (Å²) in [6.07, 6.45) is 10.8. The zero-order valence-electron chi connectivity index (χ0n) is 15.1. The van der Waals surface area contributed by atoms with Crippen LogP contribution in [0, 0.1) is 0 Å². The number of hydrogen-bond donors (Lipinski definition) is 1. The lowest BCUT2D eigenvalue weighted by molar-refractivity contribution is 0.780. The molecule has 0 aromatic heterocycles. The Morgan fingerprint density at radius 2 is 1.39 bits per heavy atom. The molecule has 0 spiro atoms. The normalized spacial score (nSPS) is 14.1. The Balaban J connectivity index is 2.46. The molecule has 1 N–H and O–H groups in total. The zero-order chi connectivity index (χ0) is 16.5. The van der Waals surface area contributed by atoms with Crippen LogP contribution in [0.25, 0.3) is 5.57 Å². The summed E-state index contributed by atoms with van der Waals surface area (Å²) >= 11 is 0. The van der Waals surface area contributed by atoms with E-state index in [0.29, 0.717) is 0 Å². The first-order valence-corrected chi connectivity index (χ1v) is 9.46. The van der Waals surface area contributed by atoms with Gasteiger partial charge in [-0.1, -0.05) is 58.2 Å². The van der Waals surface area contributed by atoms with Crippen LogP contribution in [0.15, 0.2) is 34.9 Å². The Kier molecular flexibility index (Phi) is 7.38. The Labute approximate surface area is 142 Å². The minimum Gasteiger partial charge on any atom is -0.278 e. The maximum absolute atomic E-state index is 4.80. The number of benzene rings is 1. The second-order valence-corrected chi connectivity index (χ2v) is 6.48. The second-order valence-electron chi connectivity index (χ2n) is 6.48. The molecular weight excluding hydrogens is 280 g/mol. The molecular formula is C21H32N2.